The van der Waals surface area contributed by atoms with Gasteiger partial charge in [0.2, 0.25) is 0 Å². The Morgan fingerprint density at radius 3 is 2.94 bits per heavy atom. The number of rotatable bonds is 2. The van der Waals surface area contributed by atoms with Gasteiger partial charge in [-0.05, 0) is 22.0 Å². The molecule has 0 aromatic carbocycles. The van der Waals surface area contributed by atoms with Gasteiger partial charge in [-0.2, -0.15) is 0 Å². The third-order valence-corrected chi connectivity index (χ3v) is 3.99. The predicted molar refractivity (Wildman–Crippen MR) is 65.3 cm³/mol. The average Bonchev–Trinajstić information content (AvgIpc) is 2.75. The van der Waals surface area contributed by atoms with E-state index >= 15 is 0 Å². The van der Waals surface area contributed by atoms with Gasteiger partial charge in [0.1, 0.15) is 0 Å². The van der Waals surface area contributed by atoms with E-state index in [1.807, 2.05) is 0 Å². The summed E-state index contributed by atoms with van der Waals surface area (Å²) in [5, 5.41) is 10.7. The van der Waals surface area contributed by atoms with Crippen molar-refractivity contribution in [1.29, 1.82) is 0 Å². The van der Waals surface area contributed by atoms with Gasteiger partial charge in [0.15, 0.2) is 6.04 Å². The van der Waals surface area contributed by atoms with Crippen LogP contribution in [0.25, 0.3) is 0 Å². The first-order valence-electron chi connectivity index (χ1n) is 4.95. The van der Waals surface area contributed by atoms with Crippen LogP contribution >= 0.6 is 27.3 Å². The number of carbonyl (C=O) groups excluding carboxylic acids is 1. The lowest BCUT2D eigenvalue weighted by Crippen LogP contribution is -2.52. The van der Waals surface area contributed by atoms with Gasteiger partial charge in [-0.25, -0.2) is 4.79 Å². The quantitative estimate of drug-likeness (QED) is 0.895. The highest BCUT2D eigenvalue weighted by atomic mass is 79.9. The Labute approximate surface area is 110 Å². The molecular weight excluding hydrogens is 310 g/mol. The summed E-state index contributed by atoms with van der Waals surface area (Å²) in [7, 11) is 0. The molecule has 0 aliphatic carbocycles. The summed E-state index contributed by atoms with van der Waals surface area (Å²) in [5.41, 5.74) is 0.509. The largest absolute Gasteiger partial charge is 0.480 e. The maximum Gasteiger partial charge on any atom is 0.328 e. The lowest BCUT2D eigenvalue weighted by atomic mass is 10.2. The Hall–Kier alpha value is -0.920. The number of carboxylic acids is 1. The van der Waals surface area contributed by atoms with Gasteiger partial charge in [0.25, 0.3) is 5.91 Å². The molecule has 7 heteroatoms. The highest BCUT2D eigenvalue weighted by Crippen LogP contribution is 2.23. The van der Waals surface area contributed by atoms with Crippen LogP contribution in [0.4, 0.5) is 0 Å². The van der Waals surface area contributed by atoms with Crippen molar-refractivity contribution in [2.75, 3.05) is 19.8 Å². The van der Waals surface area contributed by atoms with Crippen molar-refractivity contribution >= 4 is 39.1 Å². The Kier molecular flexibility index (Phi) is 3.80. The molecule has 1 saturated heterocycles. The Morgan fingerprint density at radius 1 is 1.59 bits per heavy atom. The molecule has 17 heavy (non-hydrogen) atoms. The van der Waals surface area contributed by atoms with E-state index in [4.69, 9.17) is 9.84 Å². The van der Waals surface area contributed by atoms with Crippen LogP contribution in [0.5, 0.6) is 0 Å². The first-order chi connectivity index (χ1) is 8.09. The number of carboxylic acid groups (broad SMARTS) is 1. The van der Waals surface area contributed by atoms with Crippen LogP contribution in [0.1, 0.15) is 10.4 Å². The molecule has 1 fully saturated rings. The zero-order chi connectivity index (χ0) is 12.4. The van der Waals surface area contributed by atoms with E-state index in [0.717, 1.165) is 3.79 Å². The first-order valence-corrected chi connectivity index (χ1v) is 6.62. The van der Waals surface area contributed by atoms with Gasteiger partial charge >= 0.3 is 5.97 Å². The van der Waals surface area contributed by atoms with Crippen LogP contribution in [0.2, 0.25) is 0 Å². The van der Waals surface area contributed by atoms with Gasteiger partial charge in [-0.1, -0.05) is 0 Å². The summed E-state index contributed by atoms with van der Waals surface area (Å²) in [4.78, 5) is 24.5. The van der Waals surface area contributed by atoms with E-state index in [9.17, 15) is 9.59 Å². The number of nitrogens with zero attached hydrogens (tertiary/aromatic N) is 1. The predicted octanol–water partition coefficient (Wildman–Crippen LogP) is 1.44. The molecule has 92 valence electrons. The fourth-order valence-corrected chi connectivity index (χ4v) is 2.77. The van der Waals surface area contributed by atoms with E-state index in [1.165, 1.54) is 16.2 Å². The standard InChI is InChI=1S/C10H10BrNO4S/c11-8-3-6(5-17-8)9(13)12-1-2-16-4-7(12)10(14)15/h3,5,7H,1-2,4H2,(H,14,15). The number of aliphatic carboxylic acids is 1. The van der Waals surface area contributed by atoms with Crippen LogP contribution in [0, 0.1) is 0 Å². The maximum absolute atomic E-state index is 12.1. The molecule has 1 unspecified atom stereocenters. The molecule has 1 amide bonds. The zero-order valence-electron chi connectivity index (χ0n) is 8.76. The van der Waals surface area contributed by atoms with Crippen molar-refractivity contribution in [2.45, 2.75) is 6.04 Å². The third kappa shape index (κ3) is 2.67. The minimum Gasteiger partial charge on any atom is -0.480 e. The lowest BCUT2D eigenvalue weighted by molar-refractivity contribution is -0.147. The number of halogens is 1. The molecular formula is C10H10BrNO4S. The van der Waals surface area contributed by atoms with Crippen LogP contribution in [-0.4, -0.2) is 47.7 Å². The lowest BCUT2D eigenvalue weighted by Gasteiger charge is -2.32. The fraction of sp³-hybridized carbons (Fsp3) is 0.400. The van der Waals surface area contributed by atoms with Gasteiger partial charge in [0, 0.05) is 11.9 Å². The molecule has 1 atom stereocenters. The van der Waals surface area contributed by atoms with E-state index < -0.39 is 12.0 Å². The van der Waals surface area contributed by atoms with Crippen LogP contribution in [0.3, 0.4) is 0 Å². The van der Waals surface area contributed by atoms with Gasteiger partial charge in [-0.15, -0.1) is 11.3 Å². The number of thiophene rings is 1. The zero-order valence-corrected chi connectivity index (χ0v) is 11.2. The van der Waals surface area contributed by atoms with E-state index in [0.29, 0.717) is 18.7 Å². The number of morpholine rings is 1. The molecule has 5 nitrogen and oxygen atoms in total. The average molecular weight is 320 g/mol. The Bertz CT molecular complexity index is 447. The molecule has 1 aromatic heterocycles. The summed E-state index contributed by atoms with van der Waals surface area (Å²) < 4.78 is 5.93. The highest BCUT2D eigenvalue weighted by Gasteiger charge is 2.33. The number of amides is 1. The maximum atomic E-state index is 12.1. The van der Waals surface area contributed by atoms with Crippen molar-refractivity contribution in [3.63, 3.8) is 0 Å². The molecule has 2 heterocycles. The molecule has 1 aliphatic rings. The number of ether oxygens (including phenoxy) is 1. The van der Waals surface area contributed by atoms with Gasteiger partial charge < -0.3 is 14.7 Å². The molecule has 0 bridgehead atoms. The second-order valence-electron chi connectivity index (χ2n) is 3.57. The van der Waals surface area contributed by atoms with E-state index in [-0.39, 0.29) is 12.5 Å². The monoisotopic (exact) mass is 319 g/mol. The molecule has 0 saturated carbocycles. The molecule has 1 N–H and O–H groups in total. The Balaban J connectivity index is 2.19. The molecule has 1 aromatic rings. The number of hydrogen-bond acceptors (Lipinski definition) is 4. The Morgan fingerprint density at radius 2 is 2.35 bits per heavy atom. The fourth-order valence-electron chi connectivity index (χ4n) is 1.64. The highest BCUT2D eigenvalue weighted by molar-refractivity contribution is 9.11. The molecule has 0 spiro atoms. The summed E-state index contributed by atoms with van der Waals surface area (Å²) in [6, 6.07) is 0.802. The summed E-state index contributed by atoms with van der Waals surface area (Å²) in [6.45, 7) is 0.733. The SMILES string of the molecule is O=C(O)C1COCCN1C(=O)c1csc(Br)c1. The van der Waals surface area contributed by atoms with Crippen LogP contribution in [-0.2, 0) is 9.53 Å². The van der Waals surface area contributed by atoms with E-state index in [1.54, 1.807) is 11.4 Å². The molecule has 0 radical (unpaired) electrons. The summed E-state index contributed by atoms with van der Waals surface area (Å²) in [5.74, 6) is -1.30. The van der Waals surface area contributed by atoms with Crippen molar-refractivity contribution in [2.24, 2.45) is 0 Å². The third-order valence-electron chi connectivity index (χ3n) is 2.49. The normalized spacial score (nSPS) is 20.3. The topological polar surface area (TPSA) is 66.8 Å². The summed E-state index contributed by atoms with van der Waals surface area (Å²) >= 11 is 4.67. The minimum atomic E-state index is -1.03. The minimum absolute atomic E-state index is 0.0480. The van der Waals surface area contributed by atoms with Crippen molar-refractivity contribution in [3.8, 4) is 0 Å². The number of carbonyl (C=O) groups is 2. The first kappa shape index (κ1) is 12.5. The van der Waals surface area contributed by atoms with Crippen molar-refractivity contribution in [1.82, 2.24) is 4.90 Å². The van der Waals surface area contributed by atoms with Crippen LogP contribution < -0.4 is 0 Å². The summed E-state index contributed by atoms with van der Waals surface area (Å²) in [6.07, 6.45) is 0. The number of hydrogen-bond donors (Lipinski definition) is 1. The second kappa shape index (κ2) is 5.16. The van der Waals surface area contributed by atoms with Gasteiger partial charge in [0.05, 0.1) is 22.6 Å². The van der Waals surface area contributed by atoms with Crippen molar-refractivity contribution < 1.29 is 19.4 Å². The molecule has 1 aliphatic heterocycles. The van der Waals surface area contributed by atoms with Gasteiger partial charge in [-0.3, -0.25) is 4.79 Å². The van der Waals surface area contributed by atoms with Crippen molar-refractivity contribution in [3.05, 3.63) is 20.8 Å². The molecule has 2 rings (SSSR count). The second-order valence-corrected chi connectivity index (χ2v) is 5.86. The smallest absolute Gasteiger partial charge is 0.328 e. The van der Waals surface area contributed by atoms with Crippen LogP contribution in [0.15, 0.2) is 15.2 Å². The van der Waals surface area contributed by atoms with E-state index in [2.05, 4.69) is 15.9 Å².